The Kier molecular flexibility index (Phi) is 3.75. The molecule has 2 atom stereocenters. The van der Waals surface area contributed by atoms with Crippen LogP contribution in [0.3, 0.4) is 0 Å². The van der Waals surface area contributed by atoms with Crippen molar-refractivity contribution in [2.24, 2.45) is 11.1 Å². The summed E-state index contributed by atoms with van der Waals surface area (Å²) >= 11 is 4.89. The predicted molar refractivity (Wildman–Crippen MR) is 64.4 cm³/mol. The third kappa shape index (κ3) is 2.79. The lowest BCUT2D eigenvalue weighted by atomic mass is 9.83. The highest BCUT2D eigenvalue weighted by Gasteiger charge is 2.29. The van der Waals surface area contributed by atoms with Crippen molar-refractivity contribution in [2.75, 3.05) is 0 Å². The molecule has 0 spiro atoms. The van der Waals surface area contributed by atoms with Crippen LogP contribution >= 0.6 is 27.3 Å². The lowest BCUT2D eigenvalue weighted by molar-refractivity contribution is 0.0955. The van der Waals surface area contributed by atoms with Gasteiger partial charge in [0.1, 0.15) is 6.10 Å². The summed E-state index contributed by atoms with van der Waals surface area (Å²) in [6.07, 6.45) is -0.578. The SMILES string of the molecule is CC(C)(C)C(N)C(O)c1ccc(Br)s1. The van der Waals surface area contributed by atoms with Gasteiger partial charge in [-0.2, -0.15) is 0 Å². The number of aliphatic hydroxyl groups is 1. The van der Waals surface area contributed by atoms with Crippen LogP contribution in [-0.2, 0) is 0 Å². The fraction of sp³-hybridized carbons (Fsp3) is 0.600. The highest BCUT2D eigenvalue weighted by atomic mass is 79.9. The van der Waals surface area contributed by atoms with E-state index < -0.39 is 6.10 Å². The Bertz CT molecular complexity index is 305. The van der Waals surface area contributed by atoms with Crippen LogP contribution in [0.5, 0.6) is 0 Å². The Morgan fingerprint density at radius 1 is 1.43 bits per heavy atom. The second kappa shape index (κ2) is 4.31. The summed E-state index contributed by atoms with van der Waals surface area (Å²) in [6, 6.07) is 3.59. The van der Waals surface area contributed by atoms with E-state index in [2.05, 4.69) is 15.9 Å². The van der Waals surface area contributed by atoms with Gasteiger partial charge in [0.15, 0.2) is 0 Å². The third-order valence-electron chi connectivity index (χ3n) is 2.23. The summed E-state index contributed by atoms with van der Waals surface area (Å²) < 4.78 is 1.02. The van der Waals surface area contributed by atoms with Crippen molar-refractivity contribution in [3.05, 3.63) is 20.8 Å². The van der Waals surface area contributed by atoms with Gasteiger partial charge in [-0.3, -0.25) is 0 Å². The van der Waals surface area contributed by atoms with E-state index in [9.17, 15) is 5.11 Å². The molecule has 0 aliphatic carbocycles. The molecule has 2 unspecified atom stereocenters. The fourth-order valence-corrected chi connectivity index (χ4v) is 2.60. The fourth-order valence-electron chi connectivity index (χ4n) is 1.14. The normalized spacial score (nSPS) is 16.7. The first kappa shape index (κ1) is 12.2. The number of hydrogen-bond donors (Lipinski definition) is 2. The van der Waals surface area contributed by atoms with Crippen molar-refractivity contribution >= 4 is 27.3 Å². The van der Waals surface area contributed by atoms with Gasteiger partial charge in [0.2, 0.25) is 0 Å². The van der Waals surface area contributed by atoms with Crippen molar-refractivity contribution in [2.45, 2.75) is 32.9 Å². The molecule has 80 valence electrons. The Morgan fingerprint density at radius 2 is 2.00 bits per heavy atom. The molecule has 0 bridgehead atoms. The molecule has 4 heteroatoms. The number of halogens is 1. The lowest BCUT2D eigenvalue weighted by Crippen LogP contribution is -2.40. The number of aliphatic hydroxyl groups excluding tert-OH is 1. The average molecular weight is 278 g/mol. The van der Waals surface area contributed by atoms with Crippen molar-refractivity contribution in [3.8, 4) is 0 Å². The Labute approximate surface area is 97.3 Å². The Hall–Kier alpha value is 0.1000. The topological polar surface area (TPSA) is 46.2 Å². The molecule has 2 nitrogen and oxygen atoms in total. The second-order valence-corrected chi connectivity index (χ2v) is 6.97. The number of rotatable bonds is 2. The molecule has 1 rings (SSSR count). The van der Waals surface area contributed by atoms with E-state index >= 15 is 0 Å². The van der Waals surface area contributed by atoms with E-state index in [0.29, 0.717) is 0 Å². The van der Waals surface area contributed by atoms with Crippen molar-refractivity contribution in [1.29, 1.82) is 0 Å². The minimum Gasteiger partial charge on any atom is -0.386 e. The number of thiophene rings is 1. The lowest BCUT2D eigenvalue weighted by Gasteiger charge is -2.30. The van der Waals surface area contributed by atoms with Gasteiger partial charge in [-0.15, -0.1) is 11.3 Å². The van der Waals surface area contributed by atoms with Crippen LogP contribution in [0.2, 0.25) is 0 Å². The summed E-state index contributed by atoms with van der Waals surface area (Å²) in [4.78, 5) is 0.916. The summed E-state index contributed by atoms with van der Waals surface area (Å²) in [7, 11) is 0. The molecular formula is C10H16BrNOS. The maximum Gasteiger partial charge on any atom is 0.104 e. The van der Waals surface area contributed by atoms with E-state index in [1.165, 1.54) is 11.3 Å². The monoisotopic (exact) mass is 277 g/mol. The van der Waals surface area contributed by atoms with Gasteiger partial charge in [0.05, 0.1) is 3.79 Å². The van der Waals surface area contributed by atoms with Crippen LogP contribution in [0.4, 0.5) is 0 Å². The standard InChI is InChI=1S/C10H16BrNOS/c1-10(2,3)9(12)8(13)6-4-5-7(11)14-6/h4-5,8-9,13H,12H2,1-3H3. The van der Waals surface area contributed by atoms with E-state index in [4.69, 9.17) is 5.73 Å². The third-order valence-corrected chi connectivity index (χ3v) is 3.92. The smallest absolute Gasteiger partial charge is 0.104 e. The molecule has 0 radical (unpaired) electrons. The molecule has 0 aliphatic heterocycles. The van der Waals surface area contributed by atoms with Crippen LogP contribution in [-0.4, -0.2) is 11.1 Å². The van der Waals surface area contributed by atoms with Gasteiger partial charge in [0, 0.05) is 10.9 Å². The van der Waals surface area contributed by atoms with Crippen LogP contribution in [0, 0.1) is 5.41 Å². The summed E-state index contributed by atoms with van der Waals surface area (Å²) in [5.41, 5.74) is 5.89. The van der Waals surface area contributed by atoms with E-state index in [0.717, 1.165) is 8.66 Å². The number of nitrogens with two attached hydrogens (primary N) is 1. The first-order valence-electron chi connectivity index (χ1n) is 4.51. The molecule has 1 aromatic heterocycles. The minimum atomic E-state index is -0.578. The molecule has 3 N–H and O–H groups in total. The molecule has 0 aromatic carbocycles. The van der Waals surface area contributed by atoms with Gasteiger partial charge in [-0.05, 0) is 33.5 Å². The predicted octanol–water partition coefficient (Wildman–Crippen LogP) is 2.92. The van der Waals surface area contributed by atoms with Crippen LogP contribution in [0.1, 0.15) is 31.8 Å². The second-order valence-electron chi connectivity index (χ2n) is 4.48. The van der Waals surface area contributed by atoms with Crippen LogP contribution < -0.4 is 5.73 Å². The van der Waals surface area contributed by atoms with Crippen molar-refractivity contribution < 1.29 is 5.11 Å². The largest absolute Gasteiger partial charge is 0.386 e. The maximum atomic E-state index is 10.0. The van der Waals surface area contributed by atoms with Crippen molar-refractivity contribution in [1.82, 2.24) is 0 Å². The van der Waals surface area contributed by atoms with E-state index in [1.54, 1.807) is 0 Å². The van der Waals surface area contributed by atoms with Gasteiger partial charge < -0.3 is 10.8 Å². The molecule has 14 heavy (non-hydrogen) atoms. The quantitative estimate of drug-likeness (QED) is 0.873. The van der Waals surface area contributed by atoms with Crippen LogP contribution in [0.15, 0.2) is 15.9 Å². The molecule has 0 saturated carbocycles. The zero-order valence-electron chi connectivity index (χ0n) is 8.62. The van der Waals surface area contributed by atoms with E-state index in [-0.39, 0.29) is 11.5 Å². The molecular weight excluding hydrogens is 262 g/mol. The van der Waals surface area contributed by atoms with Crippen molar-refractivity contribution in [3.63, 3.8) is 0 Å². The van der Waals surface area contributed by atoms with Crippen LogP contribution in [0.25, 0.3) is 0 Å². The Morgan fingerprint density at radius 3 is 2.36 bits per heavy atom. The summed E-state index contributed by atoms with van der Waals surface area (Å²) in [6.45, 7) is 6.09. The molecule has 1 aromatic rings. The summed E-state index contributed by atoms with van der Waals surface area (Å²) in [5.74, 6) is 0. The molecule has 1 heterocycles. The maximum absolute atomic E-state index is 10.0. The first-order chi connectivity index (χ1) is 6.32. The molecule has 0 amide bonds. The zero-order chi connectivity index (χ0) is 10.9. The molecule has 0 saturated heterocycles. The molecule has 0 fully saturated rings. The van der Waals surface area contributed by atoms with Gasteiger partial charge >= 0.3 is 0 Å². The van der Waals surface area contributed by atoms with E-state index in [1.807, 2.05) is 32.9 Å². The van der Waals surface area contributed by atoms with Gasteiger partial charge in [-0.25, -0.2) is 0 Å². The van der Waals surface area contributed by atoms with Gasteiger partial charge in [-0.1, -0.05) is 20.8 Å². The zero-order valence-corrected chi connectivity index (χ0v) is 11.0. The molecule has 0 aliphatic rings. The number of hydrogen-bond acceptors (Lipinski definition) is 3. The summed E-state index contributed by atoms with van der Waals surface area (Å²) in [5, 5.41) is 10.0. The Balaban J connectivity index is 2.80. The van der Waals surface area contributed by atoms with Gasteiger partial charge in [0.25, 0.3) is 0 Å². The first-order valence-corrected chi connectivity index (χ1v) is 6.12. The minimum absolute atomic E-state index is 0.0874. The highest BCUT2D eigenvalue weighted by molar-refractivity contribution is 9.11. The highest BCUT2D eigenvalue weighted by Crippen LogP contribution is 2.33. The average Bonchev–Trinajstić information content (AvgIpc) is 2.47.